The zero-order valence-corrected chi connectivity index (χ0v) is 7.40. The molecule has 2 unspecified atom stereocenters. The monoisotopic (exact) mass is 185 g/mol. The van der Waals surface area contributed by atoms with Gasteiger partial charge in [0.05, 0.1) is 0 Å². The van der Waals surface area contributed by atoms with E-state index in [9.17, 15) is 13.2 Å². The molecule has 0 aliphatic carbocycles. The second-order valence-corrected chi connectivity index (χ2v) is 2.69. The topological polar surface area (TPSA) is 21.3 Å². The molecule has 0 aromatic heterocycles. The first-order valence-corrected chi connectivity index (χ1v) is 3.68. The molecule has 0 amide bonds. The standard InChI is InChI=1S/C7H14F3NO/c1-5(11-2)4-6(12-3)7(8,9)10/h5-6,11H,4H2,1-3H3. The van der Waals surface area contributed by atoms with E-state index in [0.29, 0.717) is 0 Å². The Bertz CT molecular complexity index is 126. The maximum absolute atomic E-state index is 12.1. The molecule has 0 saturated carbocycles. The number of alkyl halides is 3. The van der Waals surface area contributed by atoms with E-state index < -0.39 is 12.3 Å². The second kappa shape index (κ2) is 4.67. The van der Waals surface area contributed by atoms with Crippen molar-refractivity contribution >= 4 is 0 Å². The number of hydrogen-bond donors (Lipinski definition) is 1. The van der Waals surface area contributed by atoms with Crippen molar-refractivity contribution in [3.63, 3.8) is 0 Å². The van der Waals surface area contributed by atoms with Gasteiger partial charge in [-0.05, 0) is 20.4 Å². The third-order valence-electron chi connectivity index (χ3n) is 1.71. The Morgan fingerprint density at radius 2 is 1.92 bits per heavy atom. The maximum Gasteiger partial charge on any atom is 0.414 e. The van der Waals surface area contributed by atoms with Crippen LogP contribution >= 0.6 is 0 Å². The minimum Gasteiger partial charge on any atom is -0.372 e. The number of methoxy groups -OCH3 is 1. The van der Waals surface area contributed by atoms with Crippen molar-refractivity contribution in [3.05, 3.63) is 0 Å². The van der Waals surface area contributed by atoms with E-state index in [1.54, 1.807) is 14.0 Å². The van der Waals surface area contributed by atoms with Gasteiger partial charge < -0.3 is 10.1 Å². The van der Waals surface area contributed by atoms with Crippen LogP contribution in [0.15, 0.2) is 0 Å². The van der Waals surface area contributed by atoms with Crippen LogP contribution in [-0.2, 0) is 4.74 Å². The first-order chi connectivity index (χ1) is 5.41. The van der Waals surface area contributed by atoms with Gasteiger partial charge in [0.2, 0.25) is 0 Å². The van der Waals surface area contributed by atoms with E-state index in [-0.39, 0.29) is 12.5 Å². The summed E-state index contributed by atoms with van der Waals surface area (Å²) in [7, 11) is 2.69. The first kappa shape index (κ1) is 11.7. The molecule has 0 spiro atoms. The van der Waals surface area contributed by atoms with Crippen LogP contribution in [0, 0.1) is 0 Å². The van der Waals surface area contributed by atoms with E-state index in [2.05, 4.69) is 10.1 Å². The highest BCUT2D eigenvalue weighted by Crippen LogP contribution is 2.25. The van der Waals surface area contributed by atoms with Gasteiger partial charge in [0.1, 0.15) is 0 Å². The van der Waals surface area contributed by atoms with Crippen LogP contribution in [0.1, 0.15) is 13.3 Å². The van der Waals surface area contributed by atoms with Crippen LogP contribution < -0.4 is 5.32 Å². The molecule has 1 N–H and O–H groups in total. The van der Waals surface area contributed by atoms with E-state index in [4.69, 9.17) is 0 Å². The molecule has 0 aliphatic heterocycles. The van der Waals surface area contributed by atoms with Crippen LogP contribution in [0.25, 0.3) is 0 Å². The van der Waals surface area contributed by atoms with Gasteiger partial charge in [0, 0.05) is 13.2 Å². The lowest BCUT2D eigenvalue weighted by atomic mass is 10.1. The summed E-state index contributed by atoms with van der Waals surface area (Å²) in [6.07, 6.45) is -5.99. The van der Waals surface area contributed by atoms with Crippen molar-refractivity contribution in [2.45, 2.75) is 31.7 Å². The summed E-state index contributed by atoms with van der Waals surface area (Å²) in [5, 5.41) is 2.72. The highest BCUT2D eigenvalue weighted by atomic mass is 19.4. The van der Waals surface area contributed by atoms with Gasteiger partial charge in [-0.3, -0.25) is 0 Å². The zero-order valence-electron chi connectivity index (χ0n) is 7.40. The summed E-state index contributed by atoms with van der Waals surface area (Å²) in [6, 6.07) is -0.198. The van der Waals surface area contributed by atoms with E-state index >= 15 is 0 Å². The molecule has 0 rings (SSSR count). The fraction of sp³-hybridized carbons (Fsp3) is 1.00. The lowest BCUT2D eigenvalue weighted by Gasteiger charge is -2.21. The number of halogens is 3. The number of rotatable bonds is 4. The molecule has 0 heterocycles. The molecule has 0 bridgehead atoms. The average Bonchev–Trinajstić information content (AvgIpc) is 1.97. The molecule has 74 valence electrons. The summed E-state index contributed by atoms with van der Waals surface area (Å²) in [4.78, 5) is 0. The molecule has 0 aromatic rings. The van der Waals surface area contributed by atoms with E-state index in [0.717, 1.165) is 7.11 Å². The number of ether oxygens (including phenoxy) is 1. The SMILES string of the molecule is CNC(C)CC(OC)C(F)(F)F. The Balaban J connectivity index is 4.00. The Morgan fingerprint density at radius 1 is 1.42 bits per heavy atom. The smallest absolute Gasteiger partial charge is 0.372 e. The predicted molar refractivity (Wildman–Crippen MR) is 40.0 cm³/mol. The zero-order chi connectivity index (χ0) is 9.78. The third-order valence-corrected chi connectivity index (χ3v) is 1.71. The van der Waals surface area contributed by atoms with Gasteiger partial charge in [-0.25, -0.2) is 0 Å². The molecule has 5 heteroatoms. The highest BCUT2D eigenvalue weighted by Gasteiger charge is 2.40. The van der Waals surface area contributed by atoms with Gasteiger partial charge in [-0.2, -0.15) is 13.2 Å². The second-order valence-electron chi connectivity index (χ2n) is 2.69. The average molecular weight is 185 g/mol. The Hall–Kier alpha value is -0.290. The molecule has 12 heavy (non-hydrogen) atoms. The molecule has 0 radical (unpaired) electrons. The lowest BCUT2D eigenvalue weighted by molar-refractivity contribution is -0.215. The summed E-state index contributed by atoms with van der Waals surface area (Å²) in [5.74, 6) is 0. The van der Waals surface area contributed by atoms with Gasteiger partial charge in [0.25, 0.3) is 0 Å². The molecule has 2 nitrogen and oxygen atoms in total. The van der Waals surface area contributed by atoms with Crippen molar-refractivity contribution in [1.29, 1.82) is 0 Å². The van der Waals surface area contributed by atoms with Gasteiger partial charge in [-0.1, -0.05) is 0 Å². The number of nitrogens with one attached hydrogen (secondary N) is 1. The van der Waals surface area contributed by atoms with Crippen LogP contribution in [-0.4, -0.2) is 32.5 Å². The molecular weight excluding hydrogens is 171 g/mol. The predicted octanol–water partition coefficient (Wildman–Crippen LogP) is 1.56. The van der Waals surface area contributed by atoms with Gasteiger partial charge in [-0.15, -0.1) is 0 Å². The first-order valence-electron chi connectivity index (χ1n) is 3.68. The molecule has 2 atom stereocenters. The van der Waals surface area contributed by atoms with E-state index in [1.807, 2.05) is 0 Å². The normalized spacial score (nSPS) is 17.5. The molecule has 0 saturated heterocycles. The summed E-state index contributed by atoms with van der Waals surface area (Å²) >= 11 is 0. The van der Waals surface area contributed by atoms with Crippen molar-refractivity contribution < 1.29 is 17.9 Å². The van der Waals surface area contributed by atoms with Crippen molar-refractivity contribution in [2.24, 2.45) is 0 Å². The van der Waals surface area contributed by atoms with Gasteiger partial charge >= 0.3 is 6.18 Å². The molecule has 0 fully saturated rings. The van der Waals surface area contributed by atoms with Crippen LogP contribution in [0.4, 0.5) is 13.2 Å². The number of hydrogen-bond acceptors (Lipinski definition) is 2. The quantitative estimate of drug-likeness (QED) is 0.717. The van der Waals surface area contributed by atoms with Crippen molar-refractivity contribution in [2.75, 3.05) is 14.2 Å². The fourth-order valence-electron chi connectivity index (χ4n) is 0.802. The Kier molecular flexibility index (Phi) is 4.55. The minimum atomic E-state index is -4.26. The molecule has 0 aromatic carbocycles. The van der Waals surface area contributed by atoms with Gasteiger partial charge in [0.15, 0.2) is 6.10 Å². The van der Waals surface area contributed by atoms with Crippen molar-refractivity contribution in [3.8, 4) is 0 Å². The summed E-state index contributed by atoms with van der Waals surface area (Å²) in [6.45, 7) is 1.68. The van der Waals surface area contributed by atoms with Crippen LogP contribution in [0.3, 0.4) is 0 Å². The molecule has 0 aliphatic rings. The van der Waals surface area contributed by atoms with E-state index in [1.165, 1.54) is 0 Å². The Morgan fingerprint density at radius 3 is 2.17 bits per heavy atom. The maximum atomic E-state index is 12.1. The lowest BCUT2D eigenvalue weighted by Crippen LogP contribution is -2.37. The van der Waals surface area contributed by atoms with Crippen LogP contribution in [0.2, 0.25) is 0 Å². The fourth-order valence-corrected chi connectivity index (χ4v) is 0.802. The van der Waals surface area contributed by atoms with Crippen LogP contribution in [0.5, 0.6) is 0 Å². The summed E-state index contributed by atoms with van der Waals surface area (Å²) in [5.41, 5.74) is 0. The Labute approximate surface area is 70.1 Å². The molecular formula is C7H14F3NO. The highest BCUT2D eigenvalue weighted by molar-refractivity contribution is 4.72. The third kappa shape index (κ3) is 3.92. The van der Waals surface area contributed by atoms with Crippen molar-refractivity contribution in [1.82, 2.24) is 5.32 Å². The summed E-state index contributed by atoms with van der Waals surface area (Å²) < 4.78 is 40.5. The minimum absolute atomic E-state index is 0.0590. The largest absolute Gasteiger partial charge is 0.414 e.